The topological polar surface area (TPSA) is 67.9 Å². The van der Waals surface area contributed by atoms with Crippen molar-refractivity contribution in [2.24, 2.45) is 5.92 Å². The number of ether oxygens (including phenoxy) is 2. The second kappa shape index (κ2) is 8.74. The predicted octanol–water partition coefficient (Wildman–Crippen LogP) is 3.56. The minimum absolute atomic E-state index is 0.213. The highest BCUT2D eigenvalue weighted by Crippen LogP contribution is 2.19. The molecule has 0 aliphatic carbocycles. The molecular formula is C19H28N2O4. The third kappa shape index (κ3) is 7.03. The summed E-state index contributed by atoms with van der Waals surface area (Å²) in [6, 6.07) is 9.55. The number of carbonyl (C=O) groups is 2. The molecule has 1 N–H and O–H groups in total. The van der Waals surface area contributed by atoms with Crippen molar-refractivity contribution >= 4 is 12.2 Å². The number of rotatable bonds is 4. The van der Waals surface area contributed by atoms with E-state index in [-0.39, 0.29) is 18.6 Å². The van der Waals surface area contributed by atoms with E-state index >= 15 is 0 Å². The average molecular weight is 348 g/mol. The van der Waals surface area contributed by atoms with Crippen molar-refractivity contribution in [1.82, 2.24) is 10.2 Å². The van der Waals surface area contributed by atoms with Crippen LogP contribution in [0.15, 0.2) is 30.3 Å². The number of benzene rings is 1. The normalized spacial score (nSPS) is 17.7. The molecule has 0 bridgehead atoms. The number of likely N-dealkylation sites (tertiary alicyclic amines) is 1. The molecule has 138 valence electrons. The lowest BCUT2D eigenvalue weighted by Gasteiger charge is -2.34. The van der Waals surface area contributed by atoms with E-state index in [1.54, 1.807) is 4.90 Å². The van der Waals surface area contributed by atoms with Gasteiger partial charge in [-0.25, -0.2) is 9.59 Å². The molecule has 1 heterocycles. The smallest absolute Gasteiger partial charge is 0.410 e. The van der Waals surface area contributed by atoms with Gasteiger partial charge in [0.05, 0.1) is 0 Å². The Kier molecular flexibility index (Phi) is 6.67. The van der Waals surface area contributed by atoms with Gasteiger partial charge in [-0.1, -0.05) is 30.3 Å². The van der Waals surface area contributed by atoms with Crippen molar-refractivity contribution in [3.05, 3.63) is 35.9 Å². The van der Waals surface area contributed by atoms with Gasteiger partial charge in [0.25, 0.3) is 0 Å². The summed E-state index contributed by atoms with van der Waals surface area (Å²) in [5.41, 5.74) is 0.454. The van der Waals surface area contributed by atoms with E-state index in [2.05, 4.69) is 5.32 Å². The lowest BCUT2D eigenvalue weighted by atomic mass is 9.98. The number of carbonyl (C=O) groups excluding carboxylic acids is 2. The number of hydrogen-bond donors (Lipinski definition) is 1. The Hall–Kier alpha value is -2.24. The second-order valence-corrected chi connectivity index (χ2v) is 7.38. The van der Waals surface area contributed by atoms with E-state index < -0.39 is 11.7 Å². The third-order valence-electron chi connectivity index (χ3n) is 3.92. The average Bonchev–Trinajstić information content (AvgIpc) is 2.58. The van der Waals surface area contributed by atoms with Gasteiger partial charge in [0.15, 0.2) is 0 Å². The van der Waals surface area contributed by atoms with Crippen molar-refractivity contribution in [3.8, 4) is 0 Å². The first kappa shape index (κ1) is 19.1. The molecule has 1 aliphatic rings. The molecule has 0 saturated carbocycles. The minimum atomic E-state index is -0.497. The molecule has 1 aromatic carbocycles. The number of alkyl carbamates (subject to hydrolysis) is 1. The van der Waals surface area contributed by atoms with Crippen LogP contribution in [0, 0.1) is 5.92 Å². The van der Waals surface area contributed by atoms with E-state index in [9.17, 15) is 9.59 Å². The Balaban J connectivity index is 1.71. The minimum Gasteiger partial charge on any atom is -0.445 e. The molecule has 0 unspecified atom stereocenters. The zero-order chi connectivity index (χ0) is 18.3. The number of amides is 2. The van der Waals surface area contributed by atoms with Crippen LogP contribution in [0.25, 0.3) is 0 Å². The van der Waals surface area contributed by atoms with Crippen LogP contribution in [-0.4, -0.2) is 42.3 Å². The van der Waals surface area contributed by atoms with Crippen molar-refractivity contribution in [2.45, 2.75) is 45.8 Å². The van der Waals surface area contributed by atoms with Gasteiger partial charge < -0.3 is 19.7 Å². The van der Waals surface area contributed by atoms with Crippen LogP contribution in [0.4, 0.5) is 9.59 Å². The summed E-state index contributed by atoms with van der Waals surface area (Å²) in [5.74, 6) is 0.213. The van der Waals surface area contributed by atoms with E-state index in [1.807, 2.05) is 51.1 Å². The summed E-state index contributed by atoms with van der Waals surface area (Å²) >= 11 is 0. The lowest BCUT2D eigenvalue weighted by Crippen LogP contribution is -2.45. The fraction of sp³-hybridized carbons (Fsp3) is 0.579. The molecule has 1 atom stereocenters. The van der Waals surface area contributed by atoms with Crippen LogP contribution in [0.5, 0.6) is 0 Å². The Morgan fingerprint density at radius 2 is 1.96 bits per heavy atom. The van der Waals surface area contributed by atoms with Gasteiger partial charge in [-0.15, -0.1) is 0 Å². The third-order valence-corrected chi connectivity index (χ3v) is 3.92. The first-order valence-electron chi connectivity index (χ1n) is 8.76. The quantitative estimate of drug-likeness (QED) is 0.903. The number of piperidine rings is 1. The van der Waals surface area contributed by atoms with Gasteiger partial charge in [-0.3, -0.25) is 0 Å². The molecule has 1 aliphatic heterocycles. The van der Waals surface area contributed by atoms with E-state index in [4.69, 9.17) is 9.47 Å². The molecule has 1 fully saturated rings. The Morgan fingerprint density at radius 1 is 1.24 bits per heavy atom. The Bertz CT molecular complexity index is 569. The van der Waals surface area contributed by atoms with Crippen molar-refractivity contribution in [3.63, 3.8) is 0 Å². The zero-order valence-corrected chi connectivity index (χ0v) is 15.3. The van der Waals surface area contributed by atoms with Crippen molar-refractivity contribution in [2.75, 3.05) is 19.6 Å². The highest BCUT2D eigenvalue weighted by molar-refractivity contribution is 5.68. The molecule has 2 amide bonds. The highest BCUT2D eigenvalue weighted by Gasteiger charge is 2.27. The maximum absolute atomic E-state index is 12.1. The molecular weight excluding hydrogens is 320 g/mol. The standard InChI is InChI=1S/C19H28N2O4/c1-19(2,3)25-18(23)21-11-7-10-16(13-21)12-20-17(22)24-14-15-8-5-4-6-9-15/h4-6,8-9,16H,7,10-14H2,1-3H3,(H,20,22)/t16-/m1/s1. The maximum atomic E-state index is 12.1. The van der Waals surface area contributed by atoms with Gasteiger partial charge in [0.1, 0.15) is 12.2 Å². The summed E-state index contributed by atoms with van der Waals surface area (Å²) in [6.45, 7) is 7.61. The molecule has 1 saturated heterocycles. The monoisotopic (exact) mass is 348 g/mol. The van der Waals surface area contributed by atoms with Crippen molar-refractivity contribution in [1.29, 1.82) is 0 Å². The van der Waals surface area contributed by atoms with Gasteiger partial charge in [0, 0.05) is 19.6 Å². The number of nitrogens with zero attached hydrogens (tertiary/aromatic N) is 1. The summed E-state index contributed by atoms with van der Waals surface area (Å²) in [6.07, 6.45) is 1.16. The van der Waals surface area contributed by atoms with E-state index in [0.29, 0.717) is 19.6 Å². The van der Waals surface area contributed by atoms with Gasteiger partial charge in [0.2, 0.25) is 0 Å². The number of nitrogens with one attached hydrogen (secondary N) is 1. The highest BCUT2D eigenvalue weighted by atomic mass is 16.6. The summed E-state index contributed by atoms with van der Waals surface area (Å²) in [5, 5.41) is 2.79. The van der Waals surface area contributed by atoms with Crippen LogP contribution in [0.1, 0.15) is 39.2 Å². The first-order valence-corrected chi connectivity index (χ1v) is 8.76. The predicted molar refractivity (Wildman–Crippen MR) is 95.2 cm³/mol. The maximum Gasteiger partial charge on any atom is 0.410 e. The molecule has 2 rings (SSSR count). The van der Waals surface area contributed by atoms with Crippen molar-refractivity contribution < 1.29 is 19.1 Å². The summed E-state index contributed by atoms with van der Waals surface area (Å²) in [4.78, 5) is 25.7. The summed E-state index contributed by atoms with van der Waals surface area (Å²) in [7, 11) is 0. The van der Waals surface area contributed by atoms with Gasteiger partial charge in [-0.2, -0.15) is 0 Å². The first-order chi connectivity index (χ1) is 11.8. The van der Waals surface area contributed by atoms with E-state index in [0.717, 1.165) is 18.4 Å². The molecule has 6 nitrogen and oxygen atoms in total. The molecule has 1 aromatic rings. The second-order valence-electron chi connectivity index (χ2n) is 7.38. The van der Waals surface area contributed by atoms with Crippen LogP contribution >= 0.6 is 0 Å². The van der Waals surface area contributed by atoms with Crippen LogP contribution in [-0.2, 0) is 16.1 Å². The zero-order valence-electron chi connectivity index (χ0n) is 15.3. The SMILES string of the molecule is CC(C)(C)OC(=O)N1CCC[C@H](CNC(=O)OCc2ccccc2)C1. The van der Waals surface area contributed by atoms with Crippen LogP contribution < -0.4 is 5.32 Å². The lowest BCUT2D eigenvalue weighted by molar-refractivity contribution is 0.0167. The number of hydrogen-bond acceptors (Lipinski definition) is 4. The molecule has 25 heavy (non-hydrogen) atoms. The van der Waals surface area contributed by atoms with Crippen LogP contribution in [0.3, 0.4) is 0 Å². The Labute approximate surface area is 149 Å². The van der Waals surface area contributed by atoms with Crippen LogP contribution in [0.2, 0.25) is 0 Å². The molecule has 0 radical (unpaired) electrons. The Morgan fingerprint density at radius 3 is 2.64 bits per heavy atom. The van der Waals surface area contributed by atoms with Gasteiger partial charge >= 0.3 is 12.2 Å². The largest absolute Gasteiger partial charge is 0.445 e. The van der Waals surface area contributed by atoms with E-state index in [1.165, 1.54) is 0 Å². The molecule has 0 aromatic heterocycles. The fourth-order valence-corrected chi connectivity index (χ4v) is 2.73. The van der Waals surface area contributed by atoms with Gasteiger partial charge in [-0.05, 0) is 45.1 Å². The fourth-order valence-electron chi connectivity index (χ4n) is 2.73. The summed E-state index contributed by atoms with van der Waals surface area (Å²) < 4.78 is 10.6. The molecule has 0 spiro atoms. The molecule has 6 heteroatoms.